The molecule has 0 saturated carbocycles. The Bertz CT molecular complexity index is 1510. The standard InChI is InChI=1S/C33H30N4/c1-33(2,31(34)21-23-35-29-17-13-27(14-18-29)25-9-5-3-6-10-25)32-22-24-37(36-32)30-19-15-28(16-20-30)26-11-7-4-8-12-26/h3-24H,34H2,1-2H3/b31-21-,35-23?. The first-order valence-electron chi connectivity index (χ1n) is 12.4. The largest absolute Gasteiger partial charge is 0.401 e. The van der Waals surface area contributed by atoms with Crippen LogP contribution in [0, 0.1) is 0 Å². The van der Waals surface area contributed by atoms with Gasteiger partial charge in [-0.15, -0.1) is 0 Å². The van der Waals surface area contributed by atoms with E-state index in [2.05, 4.69) is 91.6 Å². The Morgan fingerprint density at radius 2 is 1.22 bits per heavy atom. The van der Waals surface area contributed by atoms with E-state index >= 15 is 0 Å². The van der Waals surface area contributed by atoms with Crippen LogP contribution in [0.5, 0.6) is 0 Å². The van der Waals surface area contributed by atoms with Crippen molar-refractivity contribution >= 4 is 11.9 Å². The van der Waals surface area contributed by atoms with Crippen molar-refractivity contribution in [2.75, 3.05) is 0 Å². The zero-order valence-corrected chi connectivity index (χ0v) is 21.1. The van der Waals surface area contributed by atoms with Crippen LogP contribution in [0.25, 0.3) is 27.9 Å². The van der Waals surface area contributed by atoms with Crippen LogP contribution in [0.15, 0.2) is 138 Å². The van der Waals surface area contributed by atoms with E-state index < -0.39 is 5.41 Å². The summed E-state index contributed by atoms with van der Waals surface area (Å²) in [4.78, 5) is 4.57. The zero-order valence-electron chi connectivity index (χ0n) is 21.1. The van der Waals surface area contributed by atoms with Crippen molar-refractivity contribution in [3.63, 3.8) is 0 Å². The van der Waals surface area contributed by atoms with E-state index in [-0.39, 0.29) is 0 Å². The Morgan fingerprint density at radius 1 is 0.703 bits per heavy atom. The summed E-state index contributed by atoms with van der Waals surface area (Å²) in [7, 11) is 0. The maximum atomic E-state index is 6.50. The van der Waals surface area contributed by atoms with Gasteiger partial charge in [0.1, 0.15) is 0 Å². The minimum atomic E-state index is -0.446. The second-order valence-electron chi connectivity index (χ2n) is 9.50. The number of benzene rings is 4. The van der Waals surface area contributed by atoms with Crippen LogP contribution in [0.4, 0.5) is 5.69 Å². The van der Waals surface area contributed by atoms with E-state index in [9.17, 15) is 0 Å². The SMILES string of the molecule is CC(C)(/C(N)=C/C=Nc1ccc(-c2ccccc2)cc1)c1ccn(-c2ccc(-c3ccccc3)cc2)n1. The molecular weight excluding hydrogens is 452 g/mol. The molecule has 0 atom stereocenters. The molecule has 1 heterocycles. The fourth-order valence-corrected chi connectivity index (χ4v) is 4.17. The van der Waals surface area contributed by atoms with Crippen LogP contribution in [-0.4, -0.2) is 16.0 Å². The summed E-state index contributed by atoms with van der Waals surface area (Å²) in [6.07, 6.45) is 5.59. The predicted molar refractivity (Wildman–Crippen MR) is 154 cm³/mol. The highest BCUT2D eigenvalue weighted by Gasteiger charge is 2.26. The van der Waals surface area contributed by atoms with Gasteiger partial charge in [-0.2, -0.15) is 5.10 Å². The molecule has 0 radical (unpaired) electrons. The van der Waals surface area contributed by atoms with Crippen molar-refractivity contribution < 1.29 is 0 Å². The van der Waals surface area contributed by atoms with Crippen LogP contribution in [0.1, 0.15) is 19.5 Å². The molecule has 0 unspecified atom stereocenters. The lowest BCUT2D eigenvalue weighted by Crippen LogP contribution is -2.26. The van der Waals surface area contributed by atoms with Gasteiger partial charge >= 0.3 is 0 Å². The lowest BCUT2D eigenvalue weighted by Gasteiger charge is -2.22. The van der Waals surface area contributed by atoms with Crippen LogP contribution in [0.2, 0.25) is 0 Å². The Hall–Kier alpha value is -4.70. The number of hydrogen-bond acceptors (Lipinski definition) is 3. The quantitative estimate of drug-likeness (QED) is 0.241. The summed E-state index contributed by atoms with van der Waals surface area (Å²) in [6.45, 7) is 4.15. The minimum absolute atomic E-state index is 0.446. The molecule has 1 aromatic heterocycles. The smallest absolute Gasteiger partial charge is 0.0743 e. The molecule has 2 N–H and O–H groups in total. The average Bonchev–Trinajstić information content (AvgIpc) is 3.46. The van der Waals surface area contributed by atoms with Gasteiger partial charge in [0.25, 0.3) is 0 Å². The number of rotatable bonds is 7. The van der Waals surface area contributed by atoms with E-state index in [0.29, 0.717) is 5.70 Å². The molecule has 4 nitrogen and oxygen atoms in total. The summed E-state index contributed by atoms with van der Waals surface area (Å²) >= 11 is 0. The number of allylic oxidation sites excluding steroid dienone is 2. The maximum absolute atomic E-state index is 6.50. The van der Waals surface area contributed by atoms with Gasteiger partial charge in [-0.1, -0.05) is 84.9 Å². The molecule has 0 bridgehead atoms. The molecule has 4 heteroatoms. The molecule has 5 aromatic rings. The van der Waals surface area contributed by atoms with Gasteiger partial charge in [-0.05, 0) is 72.5 Å². The lowest BCUT2D eigenvalue weighted by atomic mass is 9.86. The molecule has 37 heavy (non-hydrogen) atoms. The van der Waals surface area contributed by atoms with Gasteiger partial charge < -0.3 is 5.73 Å². The monoisotopic (exact) mass is 482 g/mol. The van der Waals surface area contributed by atoms with Crippen molar-refractivity contribution in [2.45, 2.75) is 19.3 Å². The summed E-state index contributed by atoms with van der Waals surface area (Å²) < 4.78 is 1.89. The van der Waals surface area contributed by atoms with Gasteiger partial charge in [0.05, 0.1) is 17.1 Å². The van der Waals surface area contributed by atoms with E-state index in [1.165, 1.54) is 22.3 Å². The number of aliphatic imine (C=N–C) groups is 1. The molecule has 0 fully saturated rings. The fourth-order valence-electron chi connectivity index (χ4n) is 4.17. The van der Waals surface area contributed by atoms with Crippen molar-refractivity contribution in [2.24, 2.45) is 10.7 Å². The summed E-state index contributed by atoms with van der Waals surface area (Å²) in [5.74, 6) is 0. The highest BCUT2D eigenvalue weighted by atomic mass is 15.3. The third-order valence-electron chi connectivity index (χ3n) is 6.64. The summed E-state index contributed by atoms with van der Waals surface area (Å²) in [5, 5.41) is 4.83. The van der Waals surface area contributed by atoms with Crippen LogP contribution in [-0.2, 0) is 5.41 Å². The highest BCUT2D eigenvalue weighted by molar-refractivity contribution is 5.76. The van der Waals surface area contributed by atoms with Gasteiger partial charge in [-0.3, -0.25) is 4.99 Å². The number of nitrogens with zero attached hydrogens (tertiary/aromatic N) is 3. The zero-order chi connectivity index (χ0) is 25.7. The van der Waals surface area contributed by atoms with Crippen molar-refractivity contribution in [1.29, 1.82) is 0 Å². The molecule has 0 aliphatic heterocycles. The fraction of sp³-hybridized carbons (Fsp3) is 0.0909. The second kappa shape index (κ2) is 10.5. The van der Waals surface area contributed by atoms with Crippen molar-refractivity contribution in [3.05, 3.63) is 139 Å². The van der Waals surface area contributed by atoms with Crippen molar-refractivity contribution in [3.8, 4) is 27.9 Å². The van der Waals surface area contributed by atoms with Crippen LogP contribution in [0.3, 0.4) is 0 Å². The molecule has 0 aliphatic carbocycles. The topological polar surface area (TPSA) is 56.2 Å². The molecule has 4 aromatic carbocycles. The Morgan fingerprint density at radius 3 is 1.78 bits per heavy atom. The highest BCUT2D eigenvalue weighted by Crippen LogP contribution is 2.28. The average molecular weight is 483 g/mol. The minimum Gasteiger partial charge on any atom is -0.401 e. The first-order chi connectivity index (χ1) is 18.0. The predicted octanol–water partition coefficient (Wildman–Crippen LogP) is 7.73. The van der Waals surface area contributed by atoms with Gasteiger partial charge in [-0.25, -0.2) is 4.68 Å². The molecule has 5 rings (SSSR count). The van der Waals surface area contributed by atoms with E-state index in [4.69, 9.17) is 10.8 Å². The molecule has 0 spiro atoms. The van der Waals surface area contributed by atoms with E-state index in [1.807, 2.05) is 59.4 Å². The second-order valence-corrected chi connectivity index (χ2v) is 9.50. The molecule has 182 valence electrons. The number of nitrogens with two attached hydrogens (primary N) is 1. The summed E-state index contributed by atoms with van der Waals surface area (Å²) in [5.41, 5.74) is 14.3. The Kier molecular flexibility index (Phi) is 6.82. The number of hydrogen-bond donors (Lipinski definition) is 1. The summed E-state index contributed by atoms with van der Waals surface area (Å²) in [6, 6.07) is 39.3. The Balaban J connectivity index is 1.28. The third kappa shape index (κ3) is 5.44. The molecule has 0 aliphatic rings. The molecule has 0 amide bonds. The first-order valence-corrected chi connectivity index (χ1v) is 12.4. The lowest BCUT2D eigenvalue weighted by molar-refractivity contribution is 0.584. The number of aromatic nitrogens is 2. The normalized spacial score (nSPS) is 12.2. The third-order valence-corrected chi connectivity index (χ3v) is 6.64. The molecule has 0 saturated heterocycles. The first kappa shape index (κ1) is 24.0. The molecular formula is C33H30N4. The van der Waals surface area contributed by atoms with Gasteiger partial charge in [0.15, 0.2) is 0 Å². The Labute approximate surface area is 218 Å². The van der Waals surface area contributed by atoms with Gasteiger partial charge in [0, 0.05) is 23.5 Å². The van der Waals surface area contributed by atoms with E-state index in [1.54, 1.807) is 6.21 Å². The van der Waals surface area contributed by atoms with Crippen molar-refractivity contribution in [1.82, 2.24) is 9.78 Å². The van der Waals surface area contributed by atoms with E-state index in [0.717, 1.165) is 17.1 Å². The maximum Gasteiger partial charge on any atom is 0.0743 e. The van der Waals surface area contributed by atoms with Crippen LogP contribution < -0.4 is 5.73 Å². The van der Waals surface area contributed by atoms with Crippen LogP contribution >= 0.6 is 0 Å². The van der Waals surface area contributed by atoms with Gasteiger partial charge in [0.2, 0.25) is 0 Å².